The summed E-state index contributed by atoms with van der Waals surface area (Å²) in [5, 5.41) is 42.9. The van der Waals surface area contributed by atoms with E-state index in [1.165, 1.54) is 37.1 Å². The molecule has 0 aliphatic rings. The van der Waals surface area contributed by atoms with Crippen molar-refractivity contribution in [3.05, 3.63) is 71.8 Å². The quantitative estimate of drug-likeness (QED) is 0.0274. The van der Waals surface area contributed by atoms with Crippen LogP contribution < -0.4 is 10.6 Å². The first-order valence-electron chi connectivity index (χ1n) is 20.5. The van der Waals surface area contributed by atoms with Crippen molar-refractivity contribution < 1.29 is 49.1 Å². The van der Waals surface area contributed by atoms with Crippen molar-refractivity contribution >= 4 is 23.8 Å². The fourth-order valence-electron chi connectivity index (χ4n) is 5.57. The molecule has 6 N–H and O–H groups in total. The zero-order valence-corrected chi connectivity index (χ0v) is 36.4. The van der Waals surface area contributed by atoms with Gasteiger partial charge in [0.2, 0.25) is 11.8 Å². The van der Waals surface area contributed by atoms with Crippen molar-refractivity contribution in [3.8, 4) is 23.0 Å². The molecule has 1 unspecified atom stereocenters. The number of rotatable bonds is 23. The van der Waals surface area contributed by atoms with Crippen molar-refractivity contribution in [1.82, 2.24) is 10.6 Å². The van der Waals surface area contributed by atoms with Crippen molar-refractivity contribution in [3.63, 3.8) is 0 Å². The highest BCUT2D eigenvalue weighted by Crippen LogP contribution is 2.38. The molecule has 2 aromatic carbocycles. The topological polar surface area (TPSA) is 192 Å². The second-order valence-corrected chi connectivity index (χ2v) is 15.6. The van der Waals surface area contributed by atoms with E-state index in [0.717, 1.165) is 49.7 Å². The van der Waals surface area contributed by atoms with Crippen LogP contribution >= 0.6 is 0 Å². The Hall–Kier alpha value is -5.00. The summed E-state index contributed by atoms with van der Waals surface area (Å²) in [4.78, 5) is 47.5. The number of phenols is 4. The Morgan fingerprint density at radius 1 is 0.638 bits per heavy atom. The molecule has 0 aromatic heterocycles. The van der Waals surface area contributed by atoms with Gasteiger partial charge >= 0.3 is 11.9 Å². The van der Waals surface area contributed by atoms with E-state index >= 15 is 0 Å². The van der Waals surface area contributed by atoms with E-state index in [4.69, 9.17) is 14.6 Å². The Labute approximate surface area is 347 Å². The molecule has 0 fully saturated rings. The molecule has 0 spiro atoms. The molecule has 0 saturated heterocycles. The molecule has 0 aliphatic carbocycles. The van der Waals surface area contributed by atoms with E-state index in [1.807, 2.05) is 27.7 Å². The third-order valence-corrected chi connectivity index (χ3v) is 9.39. The number of carbonyl (C=O) groups excluding carboxylic acids is 4. The van der Waals surface area contributed by atoms with Gasteiger partial charge in [-0.15, -0.1) is 0 Å². The van der Waals surface area contributed by atoms with Crippen molar-refractivity contribution in [2.75, 3.05) is 26.3 Å². The van der Waals surface area contributed by atoms with Crippen molar-refractivity contribution in [1.29, 1.82) is 0 Å². The van der Waals surface area contributed by atoms with E-state index in [-0.39, 0.29) is 46.8 Å². The maximum absolute atomic E-state index is 12.9. The molecule has 326 valence electrons. The molecule has 12 heteroatoms. The molecule has 0 bridgehead atoms. The fourth-order valence-corrected chi connectivity index (χ4v) is 5.57. The third-order valence-electron chi connectivity index (χ3n) is 9.39. The first-order chi connectivity index (χ1) is 27.2. The number of benzene rings is 2. The van der Waals surface area contributed by atoms with Crippen LogP contribution in [0.1, 0.15) is 131 Å². The highest BCUT2D eigenvalue weighted by molar-refractivity contribution is 5.92. The lowest BCUT2D eigenvalue weighted by molar-refractivity contribution is -0.157. The summed E-state index contributed by atoms with van der Waals surface area (Å²) in [6.07, 6.45) is 10.8. The molecule has 2 rings (SSSR count). The summed E-state index contributed by atoms with van der Waals surface area (Å²) in [6.45, 7) is 23.9. The zero-order chi connectivity index (χ0) is 44.3. The van der Waals surface area contributed by atoms with E-state index < -0.39 is 10.8 Å². The highest BCUT2D eigenvalue weighted by atomic mass is 16.5. The standard InChI is InChI=1S/C24H39NO5.C12H15NO3.C10H18O2/c1-6-8-9-10-15-30-22(29)23(3,4)17-24(5,7-2)21(28)25-14-13-18-11-12-19(26)20(27)16-18;1-8(2)12(16)13-6-5-9-3-4-10(14)11(15)7-9;1-4-5-6-7-8-12-10(11)9(2)3/h11-12,16,26-27H,6-10,13-15,17H2,1-5H3,(H,25,28);3-4,7,14-15H,1,5-6H2,2H3,(H,13,16);2,4-8H2,1,3H3. The highest BCUT2D eigenvalue weighted by Gasteiger charge is 2.41. The molecule has 2 aromatic rings. The molecule has 58 heavy (non-hydrogen) atoms. The van der Waals surface area contributed by atoms with Gasteiger partial charge in [0.15, 0.2) is 23.0 Å². The van der Waals surface area contributed by atoms with Gasteiger partial charge in [-0.25, -0.2) is 4.79 Å². The maximum atomic E-state index is 12.9. The number of esters is 2. The fraction of sp³-hybridized carbons (Fsp3) is 0.565. The third kappa shape index (κ3) is 22.1. The van der Waals surface area contributed by atoms with Crippen LogP contribution in [0.25, 0.3) is 0 Å². The van der Waals surface area contributed by atoms with Gasteiger partial charge in [-0.3, -0.25) is 14.4 Å². The number of hydrogen-bond donors (Lipinski definition) is 6. The van der Waals surface area contributed by atoms with Gasteiger partial charge in [-0.1, -0.05) is 91.5 Å². The summed E-state index contributed by atoms with van der Waals surface area (Å²) in [5.41, 5.74) is 1.16. The van der Waals surface area contributed by atoms with Gasteiger partial charge in [0.25, 0.3) is 0 Å². The average Bonchev–Trinajstić information content (AvgIpc) is 3.17. The number of carbonyl (C=O) groups is 4. The van der Waals surface area contributed by atoms with Gasteiger partial charge in [0.1, 0.15) is 0 Å². The van der Waals surface area contributed by atoms with Crippen LogP contribution in [0.5, 0.6) is 23.0 Å². The van der Waals surface area contributed by atoms with Crippen LogP contribution in [0.15, 0.2) is 60.7 Å². The lowest BCUT2D eigenvalue weighted by Gasteiger charge is -2.34. The second kappa shape index (κ2) is 28.4. The lowest BCUT2D eigenvalue weighted by Crippen LogP contribution is -2.44. The molecular formula is C46H72N2O10. The Bertz CT molecular complexity index is 1600. The monoisotopic (exact) mass is 813 g/mol. The summed E-state index contributed by atoms with van der Waals surface area (Å²) in [7, 11) is 0. The van der Waals surface area contributed by atoms with Crippen LogP contribution in [-0.2, 0) is 41.5 Å². The number of hydrogen-bond acceptors (Lipinski definition) is 10. The van der Waals surface area contributed by atoms with E-state index in [9.17, 15) is 34.5 Å². The van der Waals surface area contributed by atoms with Gasteiger partial charge in [0.05, 0.1) is 18.6 Å². The van der Waals surface area contributed by atoms with Crippen LogP contribution in [-0.4, -0.2) is 70.5 Å². The van der Waals surface area contributed by atoms with Crippen LogP contribution in [0.4, 0.5) is 0 Å². The summed E-state index contributed by atoms with van der Waals surface area (Å²) in [6, 6.07) is 9.22. The Kier molecular flexibility index (Phi) is 26.0. The summed E-state index contributed by atoms with van der Waals surface area (Å²) in [5.74, 6) is -1.44. The molecule has 2 amide bonds. The van der Waals surface area contributed by atoms with Gasteiger partial charge in [0, 0.05) is 29.7 Å². The predicted molar refractivity (Wildman–Crippen MR) is 230 cm³/mol. The van der Waals surface area contributed by atoms with Crippen LogP contribution in [0.2, 0.25) is 0 Å². The maximum Gasteiger partial charge on any atom is 0.333 e. The minimum Gasteiger partial charge on any atom is -0.504 e. The smallest absolute Gasteiger partial charge is 0.333 e. The van der Waals surface area contributed by atoms with Gasteiger partial charge in [-0.05, 0) is 102 Å². The summed E-state index contributed by atoms with van der Waals surface area (Å²) >= 11 is 0. The SMILES string of the molecule is C=C(C)C(=O)NCCc1ccc(O)c(O)c1.C=C(C)C(=O)OCCCCCC.CCCCCCOC(=O)C(C)(C)CC(C)(CC)C(=O)NCCc1ccc(O)c(O)c1. The van der Waals surface area contributed by atoms with E-state index in [0.29, 0.717) is 63.1 Å². The molecule has 12 nitrogen and oxygen atoms in total. The molecular weight excluding hydrogens is 741 g/mol. The molecule has 0 saturated carbocycles. The Morgan fingerprint density at radius 3 is 1.52 bits per heavy atom. The lowest BCUT2D eigenvalue weighted by atomic mass is 9.72. The van der Waals surface area contributed by atoms with E-state index in [2.05, 4.69) is 37.6 Å². The molecule has 1 atom stereocenters. The van der Waals surface area contributed by atoms with Crippen LogP contribution in [0.3, 0.4) is 0 Å². The van der Waals surface area contributed by atoms with Gasteiger partial charge < -0.3 is 40.5 Å². The largest absolute Gasteiger partial charge is 0.504 e. The number of nitrogens with one attached hydrogen (secondary N) is 2. The van der Waals surface area contributed by atoms with Crippen molar-refractivity contribution in [2.24, 2.45) is 10.8 Å². The van der Waals surface area contributed by atoms with Crippen LogP contribution in [0, 0.1) is 10.8 Å². The predicted octanol–water partition coefficient (Wildman–Crippen LogP) is 8.73. The number of aromatic hydroxyl groups is 4. The zero-order valence-electron chi connectivity index (χ0n) is 36.4. The normalized spacial score (nSPS) is 11.7. The molecule has 0 aliphatic heterocycles. The Balaban J connectivity index is 0.000000964. The first kappa shape index (κ1) is 53.0. The summed E-state index contributed by atoms with van der Waals surface area (Å²) < 4.78 is 10.4. The first-order valence-corrected chi connectivity index (χ1v) is 20.5. The number of phenolic OH excluding ortho intramolecular Hbond substituents is 4. The number of unbranched alkanes of at least 4 members (excludes halogenated alkanes) is 6. The Morgan fingerprint density at radius 2 is 1.10 bits per heavy atom. The minimum atomic E-state index is -0.754. The number of ether oxygens (including phenoxy) is 2. The number of amides is 2. The van der Waals surface area contributed by atoms with E-state index in [1.54, 1.807) is 26.0 Å². The minimum absolute atomic E-state index is 0.100. The van der Waals surface area contributed by atoms with Crippen molar-refractivity contribution in [2.45, 2.75) is 132 Å². The second-order valence-electron chi connectivity index (χ2n) is 15.6. The average molecular weight is 813 g/mol. The molecule has 0 heterocycles. The van der Waals surface area contributed by atoms with Gasteiger partial charge in [-0.2, -0.15) is 0 Å². The molecule has 0 radical (unpaired) electrons.